The Hall–Kier alpha value is 0.830. The maximum Gasteiger partial charge on any atom is 1.00 e. The van der Waals surface area contributed by atoms with Gasteiger partial charge in [0.05, 0.1) is 10.1 Å². The Labute approximate surface area is 101 Å². The Balaban J connectivity index is 0. The zero-order valence-electron chi connectivity index (χ0n) is 7.95. The van der Waals surface area contributed by atoms with Gasteiger partial charge in [-0.1, -0.05) is 0 Å². The van der Waals surface area contributed by atoms with Crippen LogP contribution in [0.15, 0.2) is 0 Å². The molecule has 0 fully saturated rings. The predicted molar refractivity (Wildman–Crippen MR) is 45.7 cm³/mol. The van der Waals surface area contributed by atoms with Crippen molar-refractivity contribution in [3.63, 3.8) is 0 Å². The summed E-state index contributed by atoms with van der Waals surface area (Å²) in [5.41, 5.74) is 5.23. The van der Waals surface area contributed by atoms with E-state index in [-0.39, 0.29) is 35.3 Å². The van der Waals surface area contributed by atoms with Gasteiger partial charge in [0, 0.05) is 5.75 Å². The van der Waals surface area contributed by atoms with E-state index in [0.717, 1.165) is 13.0 Å². The molecule has 0 unspecified atom stereocenters. The van der Waals surface area contributed by atoms with Gasteiger partial charge < -0.3 is 15.6 Å². The molecule has 0 bridgehead atoms. The van der Waals surface area contributed by atoms with Crippen LogP contribution in [0.5, 0.6) is 0 Å². The van der Waals surface area contributed by atoms with Crippen molar-refractivity contribution >= 4 is 10.1 Å². The largest absolute Gasteiger partial charge is 1.00 e. The normalized spacial score (nSPS) is 10.9. The van der Waals surface area contributed by atoms with E-state index in [1.807, 2.05) is 0 Å². The molecule has 0 aliphatic carbocycles. The molecule has 0 saturated heterocycles. The molecular weight excluding hydrogens is 203 g/mol. The van der Waals surface area contributed by atoms with Crippen molar-refractivity contribution in [2.45, 2.75) is 12.8 Å². The number of nitrogens with one attached hydrogen (secondary N) is 1. The third-order valence-electron chi connectivity index (χ3n) is 1.31. The van der Waals surface area contributed by atoms with Gasteiger partial charge in [-0.05, 0) is 32.5 Å². The van der Waals surface area contributed by atoms with E-state index in [1.54, 1.807) is 0 Å². The molecule has 0 rings (SSSR count). The van der Waals surface area contributed by atoms with Gasteiger partial charge in [0.1, 0.15) is 0 Å². The molecule has 0 aliphatic rings. The molecule has 0 heterocycles. The second-order valence-electron chi connectivity index (χ2n) is 2.51. The predicted octanol–water partition coefficient (Wildman–Crippen LogP) is -4.14. The van der Waals surface area contributed by atoms with Crippen LogP contribution in [0.4, 0.5) is 0 Å². The molecule has 0 saturated carbocycles. The van der Waals surface area contributed by atoms with E-state index in [9.17, 15) is 13.0 Å². The van der Waals surface area contributed by atoms with Gasteiger partial charge in [0.25, 0.3) is 0 Å². The van der Waals surface area contributed by atoms with Crippen molar-refractivity contribution in [1.29, 1.82) is 0 Å². The monoisotopic (exact) mass is 218 g/mol. The molecule has 0 amide bonds. The Kier molecular flexibility index (Phi) is 11.7. The molecule has 0 atom stereocenters. The summed E-state index contributed by atoms with van der Waals surface area (Å²) in [6.45, 7) is 1.95. The first-order valence-corrected chi connectivity index (χ1v) is 5.48. The fraction of sp³-hybridized carbons (Fsp3) is 1.00. The minimum atomic E-state index is -4.03. The molecule has 5 nitrogen and oxygen atoms in total. The smallest absolute Gasteiger partial charge is 0.748 e. The van der Waals surface area contributed by atoms with Crippen LogP contribution in [0.1, 0.15) is 12.8 Å². The second kappa shape index (κ2) is 9.39. The summed E-state index contributed by atoms with van der Waals surface area (Å²) in [4.78, 5) is 0. The summed E-state index contributed by atoms with van der Waals surface area (Å²) in [6, 6.07) is 0. The SMILES string of the molecule is NCCCNCCCS(=O)(=O)[O-].[Na+]. The number of hydrogen-bond acceptors (Lipinski definition) is 5. The van der Waals surface area contributed by atoms with Crippen LogP contribution in [-0.4, -0.2) is 38.4 Å². The molecule has 13 heavy (non-hydrogen) atoms. The third kappa shape index (κ3) is 15.6. The summed E-state index contributed by atoms with van der Waals surface area (Å²) in [6.07, 6.45) is 1.24. The average molecular weight is 218 g/mol. The molecule has 0 aromatic carbocycles. The molecule has 74 valence electrons. The van der Waals surface area contributed by atoms with Crippen molar-refractivity contribution in [1.82, 2.24) is 5.32 Å². The zero-order valence-corrected chi connectivity index (χ0v) is 10.8. The van der Waals surface area contributed by atoms with Gasteiger partial charge in [-0.15, -0.1) is 0 Å². The van der Waals surface area contributed by atoms with Crippen LogP contribution in [0, 0.1) is 0 Å². The molecule has 0 aromatic rings. The summed E-state index contributed by atoms with van der Waals surface area (Å²) >= 11 is 0. The Morgan fingerprint density at radius 2 is 1.77 bits per heavy atom. The molecule has 7 heteroatoms. The first-order valence-electron chi connectivity index (χ1n) is 3.90. The minimum absolute atomic E-state index is 0. The van der Waals surface area contributed by atoms with E-state index >= 15 is 0 Å². The summed E-state index contributed by atoms with van der Waals surface area (Å²) < 4.78 is 30.4. The molecule has 0 aromatic heterocycles. The fourth-order valence-corrected chi connectivity index (χ4v) is 1.22. The van der Waals surface area contributed by atoms with Crippen molar-refractivity contribution < 1.29 is 42.5 Å². The van der Waals surface area contributed by atoms with E-state index in [1.165, 1.54) is 0 Å². The Morgan fingerprint density at radius 1 is 1.23 bits per heavy atom. The van der Waals surface area contributed by atoms with Crippen LogP contribution < -0.4 is 40.6 Å². The third-order valence-corrected chi connectivity index (χ3v) is 2.09. The van der Waals surface area contributed by atoms with Crippen LogP contribution >= 0.6 is 0 Å². The van der Waals surface area contributed by atoms with Crippen LogP contribution in [0.2, 0.25) is 0 Å². The average Bonchev–Trinajstić information content (AvgIpc) is 1.94. The zero-order chi connectivity index (χ0) is 9.45. The Bertz CT molecular complexity index is 196. The van der Waals surface area contributed by atoms with Crippen LogP contribution in [0.25, 0.3) is 0 Å². The van der Waals surface area contributed by atoms with E-state index in [0.29, 0.717) is 19.5 Å². The van der Waals surface area contributed by atoms with E-state index < -0.39 is 10.1 Å². The van der Waals surface area contributed by atoms with E-state index in [4.69, 9.17) is 5.73 Å². The van der Waals surface area contributed by atoms with Gasteiger partial charge in [-0.25, -0.2) is 8.42 Å². The standard InChI is InChI=1S/C6H16N2O3S.Na/c7-3-1-4-8-5-2-6-12(9,10)11;/h8H,1-7H2,(H,9,10,11);/q;+1/p-1. The summed E-state index contributed by atoms with van der Waals surface area (Å²) in [5.74, 6) is -0.289. The van der Waals surface area contributed by atoms with E-state index in [2.05, 4.69) is 5.32 Å². The summed E-state index contributed by atoms with van der Waals surface area (Å²) in [7, 11) is -4.03. The van der Waals surface area contributed by atoms with Crippen molar-refractivity contribution in [2.75, 3.05) is 25.4 Å². The van der Waals surface area contributed by atoms with Gasteiger partial charge in [0.15, 0.2) is 0 Å². The van der Waals surface area contributed by atoms with Crippen LogP contribution in [0.3, 0.4) is 0 Å². The number of rotatable bonds is 7. The van der Waals surface area contributed by atoms with Crippen LogP contribution in [-0.2, 0) is 10.1 Å². The van der Waals surface area contributed by atoms with Crippen molar-refractivity contribution in [2.24, 2.45) is 5.73 Å². The van der Waals surface area contributed by atoms with Crippen molar-refractivity contribution in [3.05, 3.63) is 0 Å². The van der Waals surface area contributed by atoms with Gasteiger partial charge in [-0.3, -0.25) is 0 Å². The molecule has 0 radical (unpaired) electrons. The first-order chi connectivity index (χ1) is 5.56. The second-order valence-corrected chi connectivity index (χ2v) is 4.03. The maximum atomic E-state index is 10.1. The quantitative estimate of drug-likeness (QED) is 0.257. The molecule has 3 N–H and O–H groups in total. The Morgan fingerprint density at radius 3 is 2.23 bits per heavy atom. The minimum Gasteiger partial charge on any atom is -0.748 e. The first kappa shape index (κ1) is 16.3. The number of hydrogen-bond donors (Lipinski definition) is 2. The fourth-order valence-electron chi connectivity index (χ4n) is 0.726. The van der Waals surface area contributed by atoms with Gasteiger partial charge in [0.2, 0.25) is 0 Å². The van der Waals surface area contributed by atoms with Gasteiger partial charge >= 0.3 is 29.6 Å². The topological polar surface area (TPSA) is 95.2 Å². The van der Waals surface area contributed by atoms with Crippen molar-refractivity contribution in [3.8, 4) is 0 Å². The molecule has 0 spiro atoms. The molecular formula is C6H15N2NaO3S. The maximum absolute atomic E-state index is 10.1. The summed E-state index contributed by atoms with van der Waals surface area (Å²) in [5, 5.41) is 2.98. The van der Waals surface area contributed by atoms with Gasteiger partial charge in [-0.2, -0.15) is 0 Å². The molecule has 0 aliphatic heterocycles. The number of nitrogens with two attached hydrogens (primary N) is 1.